The molecule has 0 bridgehead atoms. The van der Waals surface area contributed by atoms with Crippen molar-refractivity contribution < 1.29 is 5.11 Å². The molecule has 1 aliphatic rings. The number of rotatable bonds is 5. The van der Waals surface area contributed by atoms with Gasteiger partial charge in [0.2, 0.25) is 0 Å². The van der Waals surface area contributed by atoms with Crippen molar-refractivity contribution in [1.82, 2.24) is 20.1 Å². The Hall–Kier alpha value is -0.940. The maximum Gasteiger partial charge on any atom is 0.137 e. The first kappa shape index (κ1) is 14.5. The van der Waals surface area contributed by atoms with Crippen LogP contribution in [0.3, 0.4) is 0 Å². The molecule has 0 spiro atoms. The van der Waals surface area contributed by atoms with E-state index in [-0.39, 0.29) is 12.1 Å². The molecule has 1 fully saturated rings. The predicted octanol–water partition coefficient (Wildman–Crippen LogP) is 1.44. The molecule has 1 saturated carbocycles. The molecule has 1 aliphatic carbocycles. The standard InChI is InChI=1S/C14H26N4O/c1-12-6-13(2,3)8-14(7-12,9-19)16-4-5-18-11-15-10-17-18/h10-12,16,19H,4-9H2,1-3H3/t12-,14+/m0/s1. The van der Waals surface area contributed by atoms with Gasteiger partial charge in [-0.1, -0.05) is 20.8 Å². The minimum Gasteiger partial charge on any atom is -0.394 e. The normalized spacial score (nSPS) is 30.4. The SMILES string of the molecule is C[C@H]1CC(C)(C)C[C@](CO)(NCCn2cncn2)C1. The Balaban J connectivity index is 1.93. The van der Waals surface area contributed by atoms with Crippen LogP contribution >= 0.6 is 0 Å². The van der Waals surface area contributed by atoms with Gasteiger partial charge in [0.1, 0.15) is 12.7 Å². The number of aliphatic hydroxyl groups excluding tert-OH is 1. The van der Waals surface area contributed by atoms with Crippen LogP contribution in [0.4, 0.5) is 0 Å². The molecular formula is C14H26N4O. The van der Waals surface area contributed by atoms with Crippen LogP contribution in [0.25, 0.3) is 0 Å². The molecule has 1 aromatic rings. The average Bonchev–Trinajstić information content (AvgIpc) is 2.79. The molecule has 1 aromatic heterocycles. The van der Waals surface area contributed by atoms with Crippen LogP contribution < -0.4 is 5.32 Å². The summed E-state index contributed by atoms with van der Waals surface area (Å²) < 4.78 is 1.81. The molecule has 19 heavy (non-hydrogen) atoms. The Bertz CT molecular complexity index is 390. The maximum absolute atomic E-state index is 9.85. The lowest BCUT2D eigenvalue weighted by atomic mass is 9.64. The zero-order valence-corrected chi connectivity index (χ0v) is 12.3. The summed E-state index contributed by atoms with van der Waals surface area (Å²) in [6.45, 7) is 8.68. The number of nitrogens with zero attached hydrogens (tertiary/aromatic N) is 3. The summed E-state index contributed by atoms with van der Waals surface area (Å²) >= 11 is 0. The van der Waals surface area contributed by atoms with Gasteiger partial charge in [-0.2, -0.15) is 5.10 Å². The summed E-state index contributed by atoms with van der Waals surface area (Å²) in [5.74, 6) is 0.648. The van der Waals surface area contributed by atoms with Crippen LogP contribution in [0.5, 0.6) is 0 Å². The summed E-state index contributed by atoms with van der Waals surface area (Å²) in [6, 6.07) is 0. The molecule has 0 radical (unpaired) electrons. The van der Waals surface area contributed by atoms with Crippen molar-refractivity contribution in [3.8, 4) is 0 Å². The van der Waals surface area contributed by atoms with Crippen molar-refractivity contribution in [3.63, 3.8) is 0 Å². The second-order valence-electron chi connectivity index (χ2n) is 6.88. The summed E-state index contributed by atoms with van der Waals surface area (Å²) in [6.07, 6.45) is 6.58. The summed E-state index contributed by atoms with van der Waals surface area (Å²) in [5.41, 5.74) is 0.155. The molecule has 0 aromatic carbocycles. The topological polar surface area (TPSA) is 63.0 Å². The predicted molar refractivity (Wildman–Crippen MR) is 74.6 cm³/mol. The highest BCUT2D eigenvalue weighted by atomic mass is 16.3. The number of aliphatic hydroxyl groups is 1. The van der Waals surface area contributed by atoms with Gasteiger partial charge in [-0.15, -0.1) is 0 Å². The van der Waals surface area contributed by atoms with Crippen LogP contribution in [0.15, 0.2) is 12.7 Å². The largest absolute Gasteiger partial charge is 0.394 e. The number of hydrogen-bond donors (Lipinski definition) is 2. The minimum atomic E-state index is -0.137. The Labute approximate surface area is 115 Å². The number of aromatic nitrogens is 3. The maximum atomic E-state index is 9.85. The van der Waals surface area contributed by atoms with Crippen molar-refractivity contribution in [2.24, 2.45) is 11.3 Å². The highest BCUT2D eigenvalue weighted by molar-refractivity contribution is 4.98. The third kappa shape index (κ3) is 3.76. The van der Waals surface area contributed by atoms with Gasteiger partial charge >= 0.3 is 0 Å². The fraction of sp³-hybridized carbons (Fsp3) is 0.857. The van der Waals surface area contributed by atoms with Gasteiger partial charge in [-0.05, 0) is 30.6 Å². The van der Waals surface area contributed by atoms with E-state index in [0.29, 0.717) is 11.3 Å². The second-order valence-corrected chi connectivity index (χ2v) is 6.88. The molecule has 0 saturated heterocycles. The molecule has 5 nitrogen and oxygen atoms in total. The Morgan fingerprint density at radius 2 is 2.21 bits per heavy atom. The monoisotopic (exact) mass is 266 g/mol. The van der Waals surface area contributed by atoms with E-state index in [9.17, 15) is 5.11 Å². The van der Waals surface area contributed by atoms with Crippen molar-refractivity contribution >= 4 is 0 Å². The lowest BCUT2D eigenvalue weighted by Gasteiger charge is -2.47. The van der Waals surface area contributed by atoms with E-state index < -0.39 is 0 Å². The molecular weight excluding hydrogens is 240 g/mol. The third-order valence-electron chi connectivity index (χ3n) is 4.07. The lowest BCUT2D eigenvalue weighted by Crippen LogP contribution is -2.55. The second kappa shape index (κ2) is 5.59. The summed E-state index contributed by atoms with van der Waals surface area (Å²) in [7, 11) is 0. The Kier molecular flexibility index (Phi) is 4.26. The van der Waals surface area contributed by atoms with E-state index in [1.165, 1.54) is 6.42 Å². The summed E-state index contributed by atoms with van der Waals surface area (Å²) in [5, 5.41) is 17.5. The van der Waals surface area contributed by atoms with Gasteiger partial charge in [-0.25, -0.2) is 4.98 Å². The molecule has 2 atom stereocenters. The van der Waals surface area contributed by atoms with Crippen molar-refractivity contribution in [2.75, 3.05) is 13.2 Å². The number of hydrogen-bond acceptors (Lipinski definition) is 4. The first-order valence-corrected chi connectivity index (χ1v) is 7.13. The number of nitrogens with one attached hydrogen (secondary N) is 1. The smallest absolute Gasteiger partial charge is 0.137 e. The third-order valence-corrected chi connectivity index (χ3v) is 4.07. The van der Waals surface area contributed by atoms with E-state index in [4.69, 9.17) is 0 Å². The van der Waals surface area contributed by atoms with Gasteiger partial charge in [0.25, 0.3) is 0 Å². The van der Waals surface area contributed by atoms with E-state index >= 15 is 0 Å². The van der Waals surface area contributed by atoms with Gasteiger partial charge < -0.3 is 10.4 Å². The van der Waals surface area contributed by atoms with Crippen molar-refractivity contribution in [1.29, 1.82) is 0 Å². The fourth-order valence-electron chi connectivity index (χ4n) is 3.84. The zero-order chi connectivity index (χ0) is 13.9. The van der Waals surface area contributed by atoms with Crippen LogP contribution in [-0.2, 0) is 6.54 Å². The molecule has 1 heterocycles. The van der Waals surface area contributed by atoms with Crippen LogP contribution in [-0.4, -0.2) is 38.6 Å². The van der Waals surface area contributed by atoms with Crippen LogP contribution in [0.2, 0.25) is 0 Å². The van der Waals surface area contributed by atoms with Crippen LogP contribution in [0, 0.1) is 11.3 Å². The van der Waals surface area contributed by atoms with Gasteiger partial charge in [0, 0.05) is 12.1 Å². The van der Waals surface area contributed by atoms with E-state index in [0.717, 1.165) is 25.9 Å². The molecule has 5 heteroatoms. The van der Waals surface area contributed by atoms with Crippen LogP contribution in [0.1, 0.15) is 40.0 Å². The van der Waals surface area contributed by atoms with Gasteiger partial charge in [-0.3, -0.25) is 4.68 Å². The first-order valence-electron chi connectivity index (χ1n) is 7.13. The summed E-state index contributed by atoms with van der Waals surface area (Å²) in [4.78, 5) is 3.93. The highest BCUT2D eigenvalue weighted by Crippen LogP contribution is 2.43. The Morgan fingerprint density at radius 1 is 1.42 bits per heavy atom. The molecule has 2 N–H and O–H groups in total. The van der Waals surface area contributed by atoms with Gasteiger partial charge in [0.05, 0.1) is 13.2 Å². The van der Waals surface area contributed by atoms with Crippen molar-refractivity contribution in [2.45, 2.75) is 52.1 Å². The van der Waals surface area contributed by atoms with E-state index in [1.54, 1.807) is 12.7 Å². The van der Waals surface area contributed by atoms with E-state index in [2.05, 4.69) is 36.2 Å². The fourth-order valence-corrected chi connectivity index (χ4v) is 3.84. The lowest BCUT2D eigenvalue weighted by molar-refractivity contribution is 0.0359. The highest BCUT2D eigenvalue weighted by Gasteiger charge is 2.42. The average molecular weight is 266 g/mol. The molecule has 2 rings (SSSR count). The molecule has 0 aliphatic heterocycles. The minimum absolute atomic E-state index is 0.137. The molecule has 0 unspecified atom stereocenters. The molecule has 0 amide bonds. The Morgan fingerprint density at radius 3 is 2.79 bits per heavy atom. The zero-order valence-electron chi connectivity index (χ0n) is 12.3. The van der Waals surface area contributed by atoms with Crippen molar-refractivity contribution in [3.05, 3.63) is 12.7 Å². The van der Waals surface area contributed by atoms with Gasteiger partial charge in [0.15, 0.2) is 0 Å². The first-order chi connectivity index (χ1) is 8.95. The quantitative estimate of drug-likeness (QED) is 0.846. The van der Waals surface area contributed by atoms with E-state index in [1.807, 2.05) is 4.68 Å². The molecule has 108 valence electrons.